The van der Waals surface area contributed by atoms with E-state index in [2.05, 4.69) is 24.5 Å². The monoisotopic (exact) mass is 266 g/mol. The van der Waals surface area contributed by atoms with Gasteiger partial charge in [0.2, 0.25) is 5.91 Å². The molecular weight excluding hydrogens is 236 g/mol. The summed E-state index contributed by atoms with van der Waals surface area (Å²) in [6.07, 6.45) is 8.66. The van der Waals surface area contributed by atoms with Crippen LogP contribution in [-0.4, -0.2) is 24.0 Å². The normalized spacial score (nSPS) is 33.5. The summed E-state index contributed by atoms with van der Waals surface area (Å²) in [5.41, 5.74) is 0. The van der Waals surface area contributed by atoms with Gasteiger partial charge in [-0.25, -0.2) is 0 Å². The Hall–Kier alpha value is -0.570. The Morgan fingerprint density at radius 2 is 1.89 bits per heavy atom. The van der Waals surface area contributed by atoms with Crippen LogP contribution in [0.1, 0.15) is 65.7 Å². The van der Waals surface area contributed by atoms with Crippen molar-refractivity contribution in [2.45, 2.75) is 83.8 Å². The maximum atomic E-state index is 12.2. The molecule has 0 radical (unpaired) electrons. The zero-order valence-corrected chi connectivity index (χ0v) is 12.7. The van der Waals surface area contributed by atoms with Crippen LogP contribution in [0.5, 0.6) is 0 Å². The zero-order valence-electron chi connectivity index (χ0n) is 12.7. The molecule has 2 N–H and O–H groups in total. The van der Waals surface area contributed by atoms with Crippen molar-refractivity contribution in [2.75, 3.05) is 0 Å². The van der Waals surface area contributed by atoms with Crippen molar-refractivity contribution in [3.8, 4) is 0 Å². The molecule has 0 aromatic heterocycles. The van der Waals surface area contributed by atoms with Gasteiger partial charge in [-0.1, -0.05) is 33.1 Å². The lowest BCUT2D eigenvalue weighted by atomic mass is 9.93. The van der Waals surface area contributed by atoms with E-state index in [-0.39, 0.29) is 11.9 Å². The molecule has 0 bridgehead atoms. The SMILES string of the molecule is CCC1CCC(NC(C)C(=O)NC2CCCC2)C1C. The van der Waals surface area contributed by atoms with Gasteiger partial charge in [0.15, 0.2) is 0 Å². The predicted molar refractivity (Wildman–Crippen MR) is 79.0 cm³/mol. The number of nitrogens with one attached hydrogen (secondary N) is 2. The van der Waals surface area contributed by atoms with Gasteiger partial charge in [0.1, 0.15) is 0 Å². The minimum atomic E-state index is -0.0522. The Morgan fingerprint density at radius 3 is 2.47 bits per heavy atom. The summed E-state index contributed by atoms with van der Waals surface area (Å²) >= 11 is 0. The Kier molecular flexibility index (Phi) is 5.26. The van der Waals surface area contributed by atoms with E-state index in [0.717, 1.165) is 18.8 Å². The molecule has 4 atom stereocenters. The van der Waals surface area contributed by atoms with E-state index in [1.807, 2.05) is 6.92 Å². The van der Waals surface area contributed by atoms with Gasteiger partial charge in [-0.2, -0.15) is 0 Å². The average Bonchev–Trinajstić information content (AvgIpc) is 3.00. The molecule has 0 saturated heterocycles. The van der Waals surface area contributed by atoms with Gasteiger partial charge in [-0.15, -0.1) is 0 Å². The smallest absolute Gasteiger partial charge is 0.237 e. The standard InChI is InChI=1S/C16H30N2O/c1-4-13-9-10-15(11(13)2)17-12(3)16(19)18-14-7-5-6-8-14/h11-15,17H,4-10H2,1-3H3,(H,18,19). The van der Waals surface area contributed by atoms with Crippen LogP contribution in [0.25, 0.3) is 0 Å². The van der Waals surface area contributed by atoms with Gasteiger partial charge in [0.25, 0.3) is 0 Å². The molecular formula is C16H30N2O. The zero-order chi connectivity index (χ0) is 13.8. The van der Waals surface area contributed by atoms with Crippen molar-refractivity contribution in [1.29, 1.82) is 0 Å². The third-order valence-corrected chi connectivity index (χ3v) is 5.31. The summed E-state index contributed by atoms with van der Waals surface area (Å²) in [7, 11) is 0. The number of carbonyl (C=O) groups excluding carboxylic acids is 1. The molecule has 3 nitrogen and oxygen atoms in total. The van der Waals surface area contributed by atoms with Crippen LogP contribution in [0.4, 0.5) is 0 Å². The molecule has 2 saturated carbocycles. The largest absolute Gasteiger partial charge is 0.352 e. The summed E-state index contributed by atoms with van der Waals surface area (Å²) in [6, 6.07) is 0.902. The number of carbonyl (C=O) groups is 1. The van der Waals surface area contributed by atoms with E-state index >= 15 is 0 Å². The molecule has 19 heavy (non-hydrogen) atoms. The Bertz CT molecular complexity index is 299. The van der Waals surface area contributed by atoms with Gasteiger partial charge in [0.05, 0.1) is 6.04 Å². The first-order valence-corrected chi connectivity index (χ1v) is 8.18. The molecule has 0 spiro atoms. The van der Waals surface area contributed by atoms with E-state index in [1.165, 1.54) is 32.1 Å². The van der Waals surface area contributed by atoms with Crippen LogP contribution in [0, 0.1) is 11.8 Å². The average molecular weight is 266 g/mol. The van der Waals surface area contributed by atoms with E-state index in [1.54, 1.807) is 0 Å². The lowest BCUT2D eigenvalue weighted by Crippen LogP contribution is -2.49. The fraction of sp³-hybridized carbons (Fsp3) is 0.938. The molecule has 0 aromatic rings. The van der Waals surface area contributed by atoms with E-state index in [9.17, 15) is 4.79 Å². The quantitative estimate of drug-likeness (QED) is 0.803. The molecule has 0 aromatic carbocycles. The molecule has 110 valence electrons. The second-order valence-corrected chi connectivity index (χ2v) is 6.59. The topological polar surface area (TPSA) is 41.1 Å². The summed E-state index contributed by atoms with van der Waals surface area (Å²) in [6.45, 7) is 6.62. The van der Waals surface area contributed by atoms with Crippen LogP contribution < -0.4 is 10.6 Å². The Morgan fingerprint density at radius 1 is 1.21 bits per heavy atom. The molecule has 1 amide bonds. The van der Waals surface area contributed by atoms with Crippen molar-refractivity contribution in [3.63, 3.8) is 0 Å². The van der Waals surface area contributed by atoms with Crippen molar-refractivity contribution in [1.82, 2.24) is 10.6 Å². The van der Waals surface area contributed by atoms with Gasteiger partial charge >= 0.3 is 0 Å². The molecule has 2 aliphatic rings. The number of amides is 1. The van der Waals surface area contributed by atoms with Gasteiger partial charge in [0, 0.05) is 12.1 Å². The third kappa shape index (κ3) is 3.71. The van der Waals surface area contributed by atoms with Crippen molar-refractivity contribution in [3.05, 3.63) is 0 Å². The number of hydrogen-bond acceptors (Lipinski definition) is 2. The second kappa shape index (κ2) is 6.74. The molecule has 2 rings (SSSR count). The van der Waals surface area contributed by atoms with Crippen molar-refractivity contribution >= 4 is 5.91 Å². The first-order valence-electron chi connectivity index (χ1n) is 8.18. The molecule has 2 fully saturated rings. The highest BCUT2D eigenvalue weighted by atomic mass is 16.2. The van der Waals surface area contributed by atoms with Crippen LogP contribution >= 0.6 is 0 Å². The highest BCUT2D eigenvalue weighted by Gasteiger charge is 2.33. The first-order chi connectivity index (χ1) is 9.11. The highest BCUT2D eigenvalue weighted by Crippen LogP contribution is 2.34. The summed E-state index contributed by atoms with van der Waals surface area (Å²) < 4.78 is 0. The Labute approximate surface area is 117 Å². The Balaban J connectivity index is 1.76. The minimum absolute atomic E-state index is 0.0522. The van der Waals surface area contributed by atoms with Crippen LogP contribution in [0.3, 0.4) is 0 Å². The molecule has 3 heteroatoms. The van der Waals surface area contributed by atoms with Crippen LogP contribution in [0.15, 0.2) is 0 Å². The number of hydrogen-bond donors (Lipinski definition) is 2. The first kappa shape index (κ1) is 14.8. The molecule has 4 unspecified atom stereocenters. The van der Waals surface area contributed by atoms with Gasteiger partial charge < -0.3 is 10.6 Å². The summed E-state index contributed by atoms with van der Waals surface area (Å²) in [4.78, 5) is 12.2. The second-order valence-electron chi connectivity index (χ2n) is 6.59. The minimum Gasteiger partial charge on any atom is -0.352 e. The van der Waals surface area contributed by atoms with Crippen molar-refractivity contribution < 1.29 is 4.79 Å². The maximum Gasteiger partial charge on any atom is 0.237 e. The van der Waals surface area contributed by atoms with E-state index < -0.39 is 0 Å². The predicted octanol–water partition coefficient (Wildman–Crippen LogP) is 2.85. The fourth-order valence-corrected chi connectivity index (χ4v) is 3.85. The van der Waals surface area contributed by atoms with Crippen molar-refractivity contribution in [2.24, 2.45) is 11.8 Å². The van der Waals surface area contributed by atoms with Crippen LogP contribution in [0.2, 0.25) is 0 Å². The van der Waals surface area contributed by atoms with Crippen LogP contribution in [-0.2, 0) is 4.79 Å². The van der Waals surface area contributed by atoms with Gasteiger partial charge in [-0.3, -0.25) is 4.79 Å². The molecule has 2 aliphatic carbocycles. The molecule has 0 aliphatic heterocycles. The lowest BCUT2D eigenvalue weighted by Gasteiger charge is -2.25. The third-order valence-electron chi connectivity index (χ3n) is 5.31. The lowest BCUT2D eigenvalue weighted by molar-refractivity contribution is -0.123. The van der Waals surface area contributed by atoms with Gasteiger partial charge in [-0.05, 0) is 44.4 Å². The highest BCUT2D eigenvalue weighted by molar-refractivity contribution is 5.81. The molecule has 0 heterocycles. The maximum absolute atomic E-state index is 12.2. The van der Waals surface area contributed by atoms with E-state index in [4.69, 9.17) is 0 Å². The fourth-order valence-electron chi connectivity index (χ4n) is 3.85. The van der Waals surface area contributed by atoms with E-state index in [0.29, 0.717) is 18.0 Å². The summed E-state index contributed by atoms with van der Waals surface area (Å²) in [5.74, 6) is 1.73. The summed E-state index contributed by atoms with van der Waals surface area (Å²) in [5, 5.41) is 6.75. The number of rotatable bonds is 5.